The summed E-state index contributed by atoms with van der Waals surface area (Å²) in [6, 6.07) is 7.91. The van der Waals surface area contributed by atoms with Gasteiger partial charge in [-0.1, -0.05) is 45.7 Å². The van der Waals surface area contributed by atoms with Crippen LogP contribution >= 0.6 is 0 Å². The Bertz CT molecular complexity index is 415. The van der Waals surface area contributed by atoms with E-state index in [1.54, 1.807) is 0 Å². The van der Waals surface area contributed by atoms with Gasteiger partial charge in [0.2, 0.25) is 0 Å². The van der Waals surface area contributed by atoms with E-state index in [9.17, 15) is 4.79 Å². The Labute approximate surface area is 128 Å². The Hall–Kier alpha value is -1.55. The number of unbranched alkanes of at least 4 members (excludes halogenated alkanes) is 1. The van der Waals surface area contributed by atoms with Crippen LogP contribution in [0, 0.1) is 0 Å². The van der Waals surface area contributed by atoms with Gasteiger partial charge in [-0.05, 0) is 30.0 Å². The molecule has 0 fully saturated rings. The van der Waals surface area contributed by atoms with Crippen molar-refractivity contribution in [3.8, 4) is 5.75 Å². The number of amides is 1. The maximum Gasteiger partial charge on any atom is 0.258 e. The van der Waals surface area contributed by atoms with Gasteiger partial charge in [-0.2, -0.15) is 0 Å². The highest BCUT2D eigenvalue weighted by Crippen LogP contribution is 2.18. The minimum Gasteiger partial charge on any atom is -0.484 e. The van der Waals surface area contributed by atoms with Gasteiger partial charge in [0.05, 0.1) is 0 Å². The smallest absolute Gasteiger partial charge is 0.258 e. The second-order valence-corrected chi connectivity index (χ2v) is 5.65. The van der Waals surface area contributed by atoms with Crippen LogP contribution in [0.3, 0.4) is 0 Å². The van der Waals surface area contributed by atoms with E-state index in [0.717, 1.165) is 19.3 Å². The van der Waals surface area contributed by atoms with Crippen LogP contribution in [0.2, 0.25) is 0 Å². The molecule has 118 valence electrons. The first-order chi connectivity index (χ1) is 10.1. The monoisotopic (exact) mass is 292 g/mol. The fourth-order valence-electron chi connectivity index (χ4n) is 2.07. The summed E-state index contributed by atoms with van der Waals surface area (Å²) in [6.45, 7) is 6.91. The normalized spacial score (nSPS) is 12.2. The van der Waals surface area contributed by atoms with E-state index in [-0.39, 0.29) is 18.6 Å². The molecule has 0 aliphatic carbocycles. The first-order valence-electron chi connectivity index (χ1n) is 7.79. The number of ether oxygens (including phenoxy) is 1. The van der Waals surface area contributed by atoms with E-state index in [0.29, 0.717) is 18.2 Å². The van der Waals surface area contributed by atoms with Crippen LogP contribution in [0.4, 0.5) is 0 Å². The first kappa shape index (κ1) is 17.5. The van der Waals surface area contributed by atoms with E-state index < -0.39 is 0 Å². The third-order valence-electron chi connectivity index (χ3n) is 3.47. The van der Waals surface area contributed by atoms with Crippen molar-refractivity contribution in [1.29, 1.82) is 0 Å². The molecule has 1 amide bonds. The predicted molar refractivity (Wildman–Crippen MR) is 86.5 cm³/mol. The van der Waals surface area contributed by atoms with Gasteiger partial charge in [-0.15, -0.1) is 0 Å². The Balaban J connectivity index is 2.38. The topological polar surface area (TPSA) is 64.3 Å². The molecule has 0 heterocycles. The third kappa shape index (κ3) is 6.63. The predicted octanol–water partition coefficient (Wildman–Crippen LogP) is 2.82. The number of hydrogen-bond acceptors (Lipinski definition) is 3. The van der Waals surface area contributed by atoms with Crippen LogP contribution in [0.1, 0.15) is 51.5 Å². The van der Waals surface area contributed by atoms with Crippen LogP contribution in [0.25, 0.3) is 0 Å². The lowest BCUT2D eigenvalue weighted by Gasteiger charge is -2.16. The van der Waals surface area contributed by atoms with E-state index in [4.69, 9.17) is 10.5 Å². The lowest BCUT2D eigenvalue weighted by molar-refractivity contribution is -0.123. The van der Waals surface area contributed by atoms with Crippen molar-refractivity contribution in [3.63, 3.8) is 0 Å². The summed E-state index contributed by atoms with van der Waals surface area (Å²) in [6.07, 6.45) is 3.09. The summed E-state index contributed by atoms with van der Waals surface area (Å²) in [4.78, 5) is 11.8. The van der Waals surface area contributed by atoms with Gasteiger partial charge in [0.25, 0.3) is 5.91 Å². The van der Waals surface area contributed by atoms with Crippen LogP contribution in [0.15, 0.2) is 24.3 Å². The molecule has 3 N–H and O–H groups in total. The molecule has 4 heteroatoms. The molecular formula is C17H28N2O2. The largest absolute Gasteiger partial charge is 0.484 e. The zero-order valence-electron chi connectivity index (χ0n) is 13.4. The van der Waals surface area contributed by atoms with Gasteiger partial charge in [0.15, 0.2) is 6.61 Å². The maximum atomic E-state index is 11.8. The molecule has 0 aliphatic rings. The highest BCUT2D eigenvalue weighted by atomic mass is 16.5. The summed E-state index contributed by atoms with van der Waals surface area (Å²) >= 11 is 0. The van der Waals surface area contributed by atoms with Crippen molar-refractivity contribution in [2.24, 2.45) is 5.73 Å². The molecule has 0 saturated carbocycles. The van der Waals surface area contributed by atoms with E-state index >= 15 is 0 Å². The molecule has 1 aromatic carbocycles. The summed E-state index contributed by atoms with van der Waals surface area (Å²) in [5.74, 6) is 1.09. The van der Waals surface area contributed by atoms with Crippen LogP contribution in [0.5, 0.6) is 5.75 Å². The molecule has 0 aliphatic heterocycles. The Morgan fingerprint density at radius 3 is 2.48 bits per heavy atom. The van der Waals surface area contributed by atoms with Crippen molar-refractivity contribution in [3.05, 3.63) is 29.8 Å². The summed E-state index contributed by atoms with van der Waals surface area (Å²) in [7, 11) is 0. The van der Waals surface area contributed by atoms with Gasteiger partial charge in [0.1, 0.15) is 5.75 Å². The fraction of sp³-hybridized carbons (Fsp3) is 0.588. The van der Waals surface area contributed by atoms with E-state index in [1.165, 1.54) is 5.56 Å². The minimum atomic E-state index is -0.116. The molecule has 4 nitrogen and oxygen atoms in total. The van der Waals surface area contributed by atoms with Gasteiger partial charge in [-0.25, -0.2) is 0 Å². The molecule has 0 bridgehead atoms. The number of carbonyl (C=O) groups excluding carboxylic acids is 1. The number of nitrogens with one attached hydrogen (secondary N) is 1. The zero-order chi connectivity index (χ0) is 15.7. The van der Waals surface area contributed by atoms with Crippen LogP contribution in [-0.4, -0.2) is 25.1 Å². The molecule has 0 aromatic heterocycles. The molecule has 0 spiro atoms. The average molecular weight is 292 g/mol. The number of nitrogens with two attached hydrogens (primary N) is 1. The summed E-state index contributed by atoms with van der Waals surface area (Å²) < 4.78 is 5.50. The minimum absolute atomic E-state index is 0.0314. The SMILES string of the molecule is CCCCC(CN)NC(=O)COc1ccc(C(C)C)cc1. The standard InChI is InChI=1S/C17H28N2O2/c1-4-5-6-15(11-18)19-17(20)12-21-16-9-7-14(8-10-16)13(2)3/h7-10,13,15H,4-6,11-12,18H2,1-3H3,(H,19,20). The molecule has 1 rings (SSSR count). The molecule has 1 unspecified atom stereocenters. The van der Waals surface area contributed by atoms with Crippen molar-refractivity contribution in [2.75, 3.05) is 13.2 Å². The second kappa shape index (κ2) is 9.40. The number of hydrogen-bond donors (Lipinski definition) is 2. The lowest BCUT2D eigenvalue weighted by atomic mass is 10.0. The maximum absolute atomic E-state index is 11.8. The summed E-state index contributed by atoms with van der Waals surface area (Å²) in [5, 5.41) is 2.91. The first-order valence-corrected chi connectivity index (χ1v) is 7.79. The quantitative estimate of drug-likeness (QED) is 0.735. The molecule has 0 saturated heterocycles. The van der Waals surface area contributed by atoms with Crippen molar-refractivity contribution < 1.29 is 9.53 Å². The fourth-order valence-corrected chi connectivity index (χ4v) is 2.07. The van der Waals surface area contributed by atoms with Crippen molar-refractivity contribution in [2.45, 2.75) is 52.0 Å². The number of carbonyl (C=O) groups is 1. The Kier molecular flexibility index (Phi) is 7.83. The molecule has 1 aromatic rings. The number of rotatable bonds is 9. The van der Waals surface area contributed by atoms with Gasteiger partial charge in [0, 0.05) is 12.6 Å². The Morgan fingerprint density at radius 2 is 1.95 bits per heavy atom. The lowest BCUT2D eigenvalue weighted by Crippen LogP contribution is -2.42. The summed E-state index contributed by atoms with van der Waals surface area (Å²) in [5.41, 5.74) is 6.92. The highest BCUT2D eigenvalue weighted by Gasteiger charge is 2.10. The third-order valence-corrected chi connectivity index (χ3v) is 3.47. The molecular weight excluding hydrogens is 264 g/mol. The van der Waals surface area contributed by atoms with E-state index in [2.05, 4.69) is 26.1 Å². The Morgan fingerprint density at radius 1 is 1.29 bits per heavy atom. The van der Waals surface area contributed by atoms with Crippen LogP contribution < -0.4 is 15.8 Å². The molecule has 1 atom stereocenters. The highest BCUT2D eigenvalue weighted by molar-refractivity contribution is 5.77. The van der Waals surface area contributed by atoms with Gasteiger partial charge in [-0.3, -0.25) is 4.79 Å². The van der Waals surface area contributed by atoms with Gasteiger partial charge < -0.3 is 15.8 Å². The number of benzene rings is 1. The molecule has 0 radical (unpaired) electrons. The van der Waals surface area contributed by atoms with Crippen molar-refractivity contribution in [1.82, 2.24) is 5.32 Å². The molecule has 21 heavy (non-hydrogen) atoms. The second-order valence-electron chi connectivity index (χ2n) is 5.65. The van der Waals surface area contributed by atoms with Crippen LogP contribution in [-0.2, 0) is 4.79 Å². The van der Waals surface area contributed by atoms with Crippen molar-refractivity contribution >= 4 is 5.91 Å². The van der Waals surface area contributed by atoms with Gasteiger partial charge >= 0.3 is 0 Å². The average Bonchev–Trinajstić information content (AvgIpc) is 2.49. The zero-order valence-corrected chi connectivity index (χ0v) is 13.4. The van der Waals surface area contributed by atoms with E-state index in [1.807, 2.05) is 24.3 Å².